The van der Waals surface area contributed by atoms with Crippen molar-refractivity contribution in [1.82, 2.24) is 5.32 Å². The van der Waals surface area contributed by atoms with Crippen molar-refractivity contribution in [2.45, 2.75) is 26.8 Å². The highest BCUT2D eigenvalue weighted by molar-refractivity contribution is 9.10. The fourth-order valence-electron chi connectivity index (χ4n) is 1.94. The third kappa shape index (κ3) is 2.15. The monoisotopic (exact) mass is 281 g/mol. The summed E-state index contributed by atoms with van der Waals surface area (Å²) in [6, 6.07) is 6.17. The summed E-state index contributed by atoms with van der Waals surface area (Å²) < 4.78 is 6.97. The molecule has 1 aromatic carbocycles. The number of benzene rings is 1. The molecule has 1 N–H and O–H groups in total. The molecule has 0 radical (unpaired) electrons. The van der Waals surface area contributed by atoms with E-state index >= 15 is 0 Å². The van der Waals surface area contributed by atoms with E-state index in [1.54, 1.807) is 0 Å². The zero-order valence-electron chi connectivity index (χ0n) is 9.64. The van der Waals surface area contributed by atoms with Gasteiger partial charge in [0.25, 0.3) is 0 Å². The third-order valence-electron chi connectivity index (χ3n) is 2.73. The van der Waals surface area contributed by atoms with E-state index in [4.69, 9.17) is 4.42 Å². The Kier molecular flexibility index (Phi) is 3.66. The standard InChI is InChI=1S/C13H16BrNO/c1-3-10-11-7-9(14)5-6-12(11)16-13(10)8-15-4-2/h5-7,15H,3-4,8H2,1-2H3. The molecule has 0 aliphatic rings. The minimum absolute atomic E-state index is 0.811. The second-order valence-electron chi connectivity index (χ2n) is 3.78. The molecule has 0 atom stereocenters. The van der Waals surface area contributed by atoms with Crippen LogP contribution in [0, 0.1) is 0 Å². The molecule has 0 unspecified atom stereocenters. The number of halogens is 1. The van der Waals surface area contributed by atoms with E-state index in [2.05, 4.69) is 41.2 Å². The second-order valence-corrected chi connectivity index (χ2v) is 4.69. The molecule has 3 heteroatoms. The molecule has 1 aromatic heterocycles. The predicted octanol–water partition coefficient (Wildman–Crippen LogP) is 3.87. The molecule has 86 valence electrons. The summed E-state index contributed by atoms with van der Waals surface area (Å²) in [5, 5.41) is 4.54. The molecule has 0 aliphatic heterocycles. The fourth-order valence-corrected chi connectivity index (χ4v) is 2.30. The van der Waals surface area contributed by atoms with Gasteiger partial charge < -0.3 is 9.73 Å². The average molecular weight is 282 g/mol. The van der Waals surface area contributed by atoms with Crippen LogP contribution in [0.25, 0.3) is 11.0 Å². The fraction of sp³-hybridized carbons (Fsp3) is 0.385. The summed E-state index contributed by atoms with van der Waals surface area (Å²) in [5.74, 6) is 1.07. The maximum atomic E-state index is 5.86. The van der Waals surface area contributed by atoms with E-state index in [9.17, 15) is 0 Å². The highest BCUT2D eigenvalue weighted by atomic mass is 79.9. The Bertz CT molecular complexity index is 490. The van der Waals surface area contributed by atoms with Gasteiger partial charge in [0, 0.05) is 15.4 Å². The normalized spacial score (nSPS) is 11.2. The van der Waals surface area contributed by atoms with Gasteiger partial charge in [0.2, 0.25) is 0 Å². The van der Waals surface area contributed by atoms with Gasteiger partial charge in [0.15, 0.2) is 0 Å². The van der Waals surface area contributed by atoms with Gasteiger partial charge in [-0.15, -0.1) is 0 Å². The second kappa shape index (κ2) is 5.02. The number of fused-ring (bicyclic) bond motifs is 1. The zero-order valence-corrected chi connectivity index (χ0v) is 11.2. The number of nitrogens with one attached hydrogen (secondary N) is 1. The van der Waals surface area contributed by atoms with Gasteiger partial charge in [-0.3, -0.25) is 0 Å². The van der Waals surface area contributed by atoms with Crippen molar-refractivity contribution < 1.29 is 4.42 Å². The minimum Gasteiger partial charge on any atom is -0.459 e. The molecular weight excluding hydrogens is 266 g/mol. The van der Waals surface area contributed by atoms with Crippen LogP contribution in [-0.2, 0) is 13.0 Å². The summed E-state index contributed by atoms with van der Waals surface area (Å²) in [5.41, 5.74) is 2.30. The minimum atomic E-state index is 0.811. The van der Waals surface area contributed by atoms with Crippen molar-refractivity contribution in [2.24, 2.45) is 0 Å². The lowest BCUT2D eigenvalue weighted by atomic mass is 10.1. The first-order valence-electron chi connectivity index (χ1n) is 5.66. The Morgan fingerprint density at radius 1 is 1.31 bits per heavy atom. The molecule has 0 saturated heterocycles. The largest absolute Gasteiger partial charge is 0.459 e. The van der Waals surface area contributed by atoms with Gasteiger partial charge >= 0.3 is 0 Å². The average Bonchev–Trinajstić information content (AvgIpc) is 2.63. The van der Waals surface area contributed by atoms with Crippen molar-refractivity contribution in [1.29, 1.82) is 0 Å². The molecule has 0 spiro atoms. The molecule has 0 aliphatic carbocycles. The summed E-state index contributed by atoms with van der Waals surface area (Å²) in [6.07, 6.45) is 1.00. The van der Waals surface area contributed by atoms with Crippen LogP contribution in [0.2, 0.25) is 0 Å². The van der Waals surface area contributed by atoms with Gasteiger partial charge in [0.1, 0.15) is 11.3 Å². The Morgan fingerprint density at radius 2 is 2.12 bits per heavy atom. The quantitative estimate of drug-likeness (QED) is 0.921. The first-order valence-corrected chi connectivity index (χ1v) is 6.46. The van der Waals surface area contributed by atoms with Crippen molar-refractivity contribution in [3.8, 4) is 0 Å². The van der Waals surface area contributed by atoms with Gasteiger partial charge in [0.05, 0.1) is 6.54 Å². The molecule has 1 heterocycles. The zero-order chi connectivity index (χ0) is 11.5. The number of rotatable bonds is 4. The number of furan rings is 1. The Balaban J connectivity index is 2.49. The van der Waals surface area contributed by atoms with Gasteiger partial charge in [-0.2, -0.15) is 0 Å². The molecule has 0 amide bonds. The van der Waals surface area contributed by atoms with Crippen LogP contribution in [0.15, 0.2) is 27.1 Å². The van der Waals surface area contributed by atoms with Crippen LogP contribution < -0.4 is 5.32 Å². The van der Waals surface area contributed by atoms with Gasteiger partial charge in [-0.1, -0.05) is 29.8 Å². The first kappa shape index (κ1) is 11.7. The highest BCUT2D eigenvalue weighted by Gasteiger charge is 2.12. The van der Waals surface area contributed by atoms with Crippen molar-refractivity contribution in [3.63, 3.8) is 0 Å². The highest BCUT2D eigenvalue weighted by Crippen LogP contribution is 2.29. The van der Waals surface area contributed by atoms with E-state index in [0.29, 0.717) is 0 Å². The van der Waals surface area contributed by atoms with Crippen LogP contribution in [0.5, 0.6) is 0 Å². The maximum Gasteiger partial charge on any atom is 0.134 e. The van der Waals surface area contributed by atoms with Crippen LogP contribution in [0.3, 0.4) is 0 Å². The summed E-state index contributed by atoms with van der Waals surface area (Å²) in [7, 11) is 0. The third-order valence-corrected chi connectivity index (χ3v) is 3.22. The SMILES string of the molecule is CCNCc1oc2ccc(Br)cc2c1CC. The number of hydrogen-bond acceptors (Lipinski definition) is 2. The molecule has 0 bridgehead atoms. The molecule has 2 nitrogen and oxygen atoms in total. The van der Waals surface area contributed by atoms with Gasteiger partial charge in [-0.25, -0.2) is 0 Å². The smallest absolute Gasteiger partial charge is 0.134 e. The van der Waals surface area contributed by atoms with E-state index in [1.807, 2.05) is 12.1 Å². The molecule has 0 saturated carbocycles. The summed E-state index contributed by atoms with van der Waals surface area (Å²) in [6.45, 7) is 6.04. The lowest BCUT2D eigenvalue weighted by Gasteiger charge is -2.00. The molecule has 16 heavy (non-hydrogen) atoms. The van der Waals surface area contributed by atoms with E-state index in [-0.39, 0.29) is 0 Å². The van der Waals surface area contributed by atoms with Crippen LogP contribution in [-0.4, -0.2) is 6.54 Å². The molecule has 0 fully saturated rings. The van der Waals surface area contributed by atoms with E-state index in [1.165, 1.54) is 10.9 Å². The van der Waals surface area contributed by atoms with Crippen LogP contribution >= 0.6 is 15.9 Å². The lowest BCUT2D eigenvalue weighted by molar-refractivity contribution is 0.514. The summed E-state index contributed by atoms with van der Waals surface area (Å²) >= 11 is 3.50. The maximum absolute atomic E-state index is 5.86. The van der Waals surface area contributed by atoms with E-state index < -0.39 is 0 Å². The number of aryl methyl sites for hydroxylation is 1. The number of hydrogen-bond donors (Lipinski definition) is 1. The van der Waals surface area contributed by atoms with Crippen LogP contribution in [0.4, 0.5) is 0 Å². The Hall–Kier alpha value is -0.800. The Morgan fingerprint density at radius 3 is 2.81 bits per heavy atom. The van der Waals surface area contributed by atoms with Crippen molar-refractivity contribution >= 4 is 26.9 Å². The van der Waals surface area contributed by atoms with Crippen LogP contribution in [0.1, 0.15) is 25.2 Å². The van der Waals surface area contributed by atoms with Gasteiger partial charge in [-0.05, 0) is 31.2 Å². The lowest BCUT2D eigenvalue weighted by Crippen LogP contribution is -2.12. The van der Waals surface area contributed by atoms with Crippen molar-refractivity contribution in [3.05, 3.63) is 34.0 Å². The Labute approximate surface area is 104 Å². The van der Waals surface area contributed by atoms with E-state index in [0.717, 1.165) is 35.3 Å². The first-order chi connectivity index (χ1) is 7.76. The predicted molar refractivity (Wildman–Crippen MR) is 70.7 cm³/mol. The van der Waals surface area contributed by atoms with Crippen molar-refractivity contribution in [2.75, 3.05) is 6.54 Å². The molecule has 2 aromatic rings. The molecule has 2 rings (SSSR count). The topological polar surface area (TPSA) is 25.2 Å². The summed E-state index contributed by atoms with van der Waals surface area (Å²) in [4.78, 5) is 0. The molecular formula is C13H16BrNO.